The lowest BCUT2D eigenvalue weighted by Crippen LogP contribution is -2.15. The van der Waals surface area contributed by atoms with Crippen molar-refractivity contribution in [3.05, 3.63) is 256 Å². The molecule has 8 heterocycles. The lowest BCUT2D eigenvalue weighted by atomic mass is 9.91. The van der Waals surface area contributed by atoms with Crippen LogP contribution in [0.1, 0.15) is 197 Å². The zero-order valence-electron chi connectivity index (χ0n) is 78.5. The Balaban J connectivity index is 0.000000420. The SMILES string of the molecule is CC(C(=O)CCc1cc(C(C)(C)C)nn1-c1cccc(Cl)c1)c1cnc(NS(C)(=O)=O)c(F)c1.CC(C(=O)O)c1cnc(NS(C)(=O)=O)c(F)c1.CC(C)(C)c1cc(CN)n(-c2cccc(Cl)c2)n1.CCOC(=O)C(C)Cl.CCOC(=O)C(C)c1cnc(N)c(F)c1.CCOC(=O)C(C)c1cnc(NS(C)(=O)=O)c(F)c1.CCOC(=O)C(C)c1cnc([N+](=O)[O-])c(F)c1.O=[N+]([O-])c1ncccc1F. The van der Waals surface area contributed by atoms with Crippen LogP contribution in [0.4, 0.5) is 61.2 Å². The standard InChI is InChI=1S/C24H28ClFN4O3S.C14H18ClN3.C11H15FN2O4S.C10H11FN2O4.C10H13FN2O2.C9H11FN2O4S.C5H9ClO2.C5H3FN2O2/c1-15(16-11-20(26)23(27-14-16)29-34(5,32)33)21(31)10-9-19-13-22(24(2,3)4)28-30(19)18-8-6-7-17(25)12-18;1-14(2,3)13-8-12(9-16)18(17-13)11-6-4-5-10(15)7-11;1-4-18-11(15)7(2)8-5-9(12)10(13-6-8)14-19(3,16)17;1-3-17-10(14)6(2)7-4-8(11)9(12-5-7)13(15)16;1-3-15-10(14)6(2)7-4-8(11)9(12)13-5-7;1-5(9(13)14)6-3-7(10)8(11-4-6)12-17(2,15)16;1-3-8-5(7)4(2)6;6-4-2-1-3-7-5(4)8(9)10/h6-8,11-15H,9-10H2,1-5H3,(H,27,29);4-8H,9,16H2,1-3H3;5-7H,4H2,1-3H3,(H,13,14);4-6H,3H2,1-2H3;4-6H,3H2,1-2H3,(H2,12,13);3-5H,1-2H3,(H,11,12)(H,13,14);4H,3H2,1-2H3;1-3H. The second-order valence-corrected chi connectivity index (χ2v) is 38.3. The number of hydrogen-bond donors (Lipinski definition) is 6. The summed E-state index contributed by atoms with van der Waals surface area (Å²) >= 11 is 17.5. The summed E-state index contributed by atoms with van der Waals surface area (Å²) < 4.78 is 175. The van der Waals surface area contributed by atoms with Gasteiger partial charge in [-0.15, -0.1) is 11.6 Å². The first-order chi connectivity index (χ1) is 64.0. The van der Waals surface area contributed by atoms with E-state index in [1.54, 1.807) is 66.1 Å². The molecular weight excluding hydrogens is 1950 g/mol. The van der Waals surface area contributed by atoms with Gasteiger partial charge < -0.3 is 55.7 Å². The molecule has 8 N–H and O–H groups in total. The Morgan fingerprint density at radius 2 is 0.797 bits per heavy atom. The van der Waals surface area contributed by atoms with Crippen molar-refractivity contribution >= 4 is 135 Å². The van der Waals surface area contributed by atoms with E-state index in [9.17, 15) is 101 Å². The van der Waals surface area contributed by atoms with Crippen molar-refractivity contribution in [2.45, 2.75) is 176 Å². The number of carbonyl (C=O) groups is 6. The topological polar surface area (TPSA) is 549 Å². The van der Waals surface area contributed by atoms with Crippen LogP contribution < -0.4 is 25.6 Å². The Morgan fingerprint density at radius 3 is 1.10 bits per heavy atom. The lowest BCUT2D eigenvalue weighted by Gasteiger charge is -2.14. The third kappa shape index (κ3) is 40.4. The molecule has 10 aromatic rings. The van der Waals surface area contributed by atoms with Gasteiger partial charge in [0.1, 0.15) is 23.6 Å². The highest BCUT2D eigenvalue weighted by Gasteiger charge is 2.29. The number of halogens is 9. The van der Waals surface area contributed by atoms with E-state index in [0.29, 0.717) is 52.9 Å². The van der Waals surface area contributed by atoms with E-state index in [1.807, 2.05) is 67.4 Å². The molecule has 6 unspecified atom stereocenters. The van der Waals surface area contributed by atoms with Crippen molar-refractivity contribution in [1.82, 2.24) is 49.5 Å². The number of nitrogens with zero attached hydrogens (tertiary/aromatic N) is 12. The number of carboxylic acids is 1. The fraction of sp³-hybridized carbons (Fsp3) is 0.386. The number of esters is 4. The number of Topliss-reactive ketones (excluding diaryl/α,β-unsaturated/α-hetero) is 1. The number of aryl methyl sites for hydroxylation is 1. The van der Waals surface area contributed by atoms with Crippen LogP contribution in [0.15, 0.2) is 140 Å². The number of carbonyl (C=O) groups excluding carboxylic acids is 5. The van der Waals surface area contributed by atoms with E-state index < -0.39 is 163 Å². The van der Waals surface area contributed by atoms with Gasteiger partial charge in [0.15, 0.2) is 46.5 Å². The van der Waals surface area contributed by atoms with Gasteiger partial charge in [0.05, 0.1) is 97.3 Å². The van der Waals surface area contributed by atoms with E-state index in [4.69, 9.17) is 70.7 Å². The monoisotopic (exact) mass is 2050 g/mol. The third-order valence-corrected chi connectivity index (χ3v) is 20.5. The first-order valence-corrected chi connectivity index (χ1v) is 48.2. The first-order valence-electron chi connectivity index (χ1n) is 41.4. The van der Waals surface area contributed by atoms with Crippen LogP contribution in [-0.2, 0) is 102 Å². The minimum Gasteiger partial charge on any atom is -0.481 e. The van der Waals surface area contributed by atoms with Gasteiger partial charge in [-0.2, -0.15) is 19.0 Å². The number of anilines is 4. The summed E-state index contributed by atoms with van der Waals surface area (Å²) in [7, 11) is -10.9. The molecule has 0 radical (unpaired) electrons. The molecule has 0 aliphatic rings. The average molecular weight is 2060 g/mol. The van der Waals surface area contributed by atoms with Gasteiger partial charge in [0, 0.05) is 75.8 Å². The fourth-order valence-electron chi connectivity index (χ4n) is 10.7. The molecule has 6 atom stereocenters. The quantitative estimate of drug-likeness (QED) is 0.00633. The molecule has 0 amide bonds. The fourth-order valence-corrected chi connectivity index (χ4v) is 12.6. The number of pyridine rings is 6. The van der Waals surface area contributed by atoms with Gasteiger partial charge >= 0.3 is 41.5 Å². The second kappa shape index (κ2) is 54.8. The molecular formula is C88H108Cl3F6N17O21S3. The minimum atomic E-state index is -3.66. The Morgan fingerprint density at radius 1 is 0.464 bits per heavy atom. The molecule has 50 heteroatoms. The molecule has 138 heavy (non-hydrogen) atoms. The number of hydrogen-bond acceptors (Lipinski definition) is 30. The molecule has 0 fully saturated rings. The zero-order chi connectivity index (χ0) is 105. The summed E-state index contributed by atoms with van der Waals surface area (Å²) in [5, 5.41) is 39.2. The van der Waals surface area contributed by atoms with Crippen molar-refractivity contribution in [1.29, 1.82) is 0 Å². The van der Waals surface area contributed by atoms with Crippen molar-refractivity contribution in [2.75, 3.05) is 65.1 Å². The highest BCUT2D eigenvalue weighted by atomic mass is 35.5. The van der Waals surface area contributed by atoms with Crippen LogP contribution in [0.25, 0.3) is 11.4 Å². The minimum absolute atomic E-state index is 0.00768. The molecule has 0 saturated heterocycles. The summed E-state index contributed by atoms with van der Waals surface area (Å²) in [6.45, 7) is 30.3. The summed E-state index contributed by atoms with van der Waals surface area (Å²) in [5.41, 5.74) is 17.9. The number of carboxylic acid groups (broad SMARTS) is 1. The van der Waals surface area contributed by atoms with Gasteiger partial charge in [-0.3, -0.25) is 42.9 Å². The van der Waals surface area contributed by atoms with Crippen molar-refractivity contribution in [3.63, 3.8) is 0 Å². The van der Waals surface area contributed by atoms with Crippen LogP contribution in [0.5, 0.6) is 0 Å². The largest absolute Gasteiger partial charge is 0.481 e. The molecule has 0 spiro atoms. The predicted molar refractivity (Wildman–Crippen MR) is 506 cm³/mol. The average Bonchev–Trinajstić information content (AvgIpc) is 1.68. The third-order valence-electron chi connectivity index (χ3n) is 18.2. The Kier molecular flexibility index (Phi) is 47.4. The number of sulfonamides is 3. The summed E-state index contributed by atoms with van der Waals surface area (Å²) in [6.07, 6.45) is 10.6. The number of benzene rings is 2. The molecule has 0 saturated carbocycles. The number of nitrogens with two attached hydrogens (primary N) is 2. The van der Waals surface area contributed by atoms with E-state index in [2.05, 4.69) is 87.3 Å². The Labute approximate surface area is 808 Å². The Hall–Kier alpha value is -13.0. The first kappa shape index (κ1) is 119. The molecule has 0 aliphatic heterocycles. The lowest BCUT2D eigenvalue weighted by molar-refractivity contribution is -0.392. The molecule has 10 rings (SSSR count). The number of aliphatic carboxylic acids is 1. The van der Waals surface area contributed by atoms with Crippen LogP contribution in [0, 0.1) is 55.1 Å². The molecule has 0 aliphatic carbocycles. The number of ketones is 1. The van der Waals surface area contributed by atoms with Crippen LogP contribution in [0.3, 0.4) is 0 Å². The van der Waals surface area contributed by atoms with Crippen LogP contribution >= 0.6 is 34.8 Å². The van der Waals surface area contributed by atoms with Crippen molar-refractivity contribution in [3.8, 4) is 11.4 Å². The van der Waals surface area contributed by atoms with Crippen LogP contribution in [-0.4, -0.2) is 176 Å². The maximum atomic E-state index is 14.3. The summed E-state index contributed by atoms with van der Waals surface area (Å²) in [5.74, 6) is -14.6. The number of ether oxygens (including phenoxy) is 4. The maximum absolute atomic E-state index is 14.3. The molecule has 0 bridgehead atoms. The molecule has 752 valence electrons. The smallest absolute Gasteiger partial charge is 0.399 e. The van der Waals surface area contributed by atoms with E-state index in [0.717, 1.165) is 95.6 Å². The number of nitrogens with one attached hydrogen (secondary N) is 3. The highest BCUT2D eigenvalue weighted by molar-refractivity contribution is 7.92. The second-order valence-electron chi connectivity index (χ2n) is 31.5. The highest BCUT2D eigenvalue weighted by Crippen LogP contribution is 2.31. The van der Waals surface area contributed by atoms with Gasteiger partial charge in [-0.25, -0.2) is 72.1 Å². The zero-order valence-corrected chi connectivity index (χ0v) is 83.2. The number of nitrogen functional groups attached to an aromatic ring is 1. The molecule has 2 aromatic carbocycles. The Bertz CT molecular complexity index is 6240. The van der Waals surface area contributed by atoms with E-state index in [1.165, 1.54) is 50.8 Å². The predicted octanol–water partition coefficient (Wildman–Crippen LogP) is 15.9. The summed E-state index contributed by atoms with van der Waals surface area (Å²) in [4.78, 5) is 108. The van der Waals surface area contributed by atoms with Crippen molar-refractivity contribution in [2.24, 2.45) is 5.73 Å². The molecule has 38 nitrogen and oxygen atoms in total. The number of aromatic nitrogens is 10. The van der Waals surface area contributed by atoms with Gasteiger partial charge in [0.2, 0.25) is 41.7 Å². The van der Waals surface area contributed by atoms with Crippen LogP contribution in [0.2, 0.25) is 10.0 Å². The van der Waals surface area contributed by atoms with E-state index in [-0.39, 0.29) is 59.2 Å². The van der Waals surface area contributed by atoms with Crippen molar-refractivity contribution < 1.29 is 114 Å². The number of nitro groups is 2. The number of alkyl halides is 1. The number of rotatable bonds is 29. The molecule has 8 aromatic heterocycles. The van der Waals surface area contributed by atoms with E-state index >= 15 is 0 Å². The summed E-state index contributed by atoms with van der Waals surface area (Å²) in [6, 6.07) is 26.6. The normalized spacial score (nSPS) is 12.4. The van der Waals surface area contributed by atoms with Gasteiger partial charge in [0.25, 0.3) is 0 Å². The van der Waals surface area contributed by atoms with Gasteiger partial charge in [-0.05, 0) is 202 Å². The maximum Gasteiger partial charge on any atom is 0.399 e. The van der Waals surface area contributed by atoms with Gasteiger partial charge in [-0.1, -0.05) is 83.8 Å².